The Morgan fingerprint density at radius 1 is 1.00 bits per heavy atom. The highest BCUT2D eigenvalue weighted by atomic mass is 79.9. The third kappa shape index (κ3) is 6.23. The van der Waals surface area contributed by atoms with Gasteiger partial charge in [0.2, 0.25) is 0 Å². The van der Waals surface area contributed by atoms with E-state index in [0.717, 1.165) is 22.2 Å². The topological polar surface area (TPSA) is 67.4 Å². The zero-order valence-electron chi connectivity index (χ0n) is 14.0. The van der Waals surface area contributed by atoms with Crippen LogP contribution in [0.5, 0.6) is 5.75 Å². The normalized spacial score (nSPS) is 10.2. The molecule has 2 aromatic rings. The van der Waals surface area contributed by atoms with Crippen LogP contribution in [0.25, 0.3) is 0 Å². The van der Waals surface area contributed by atoms with Gasteiger partial charge in [-0.3, -0.25) is 9.59 Å². The van der Waals surface area contributed by atoms with Gasteiger partial charge in [0.1, 0.15) is 5.75 Å². The second-order valence-electron chi connectivity index (χ2n) is 5.36. The van der Waals surface area contributed by atoms with Crippen molar-refractivity contribution in [1.82, 2.24) is 10.6 Å². The summed E-state index contributed by atoms with van der Waals surface area (Å²) in [4.78, 5) is 23.7. The number of para-hydroxylation sites is 1. The first-order chi connectivity index (χ1) is 12.1. The van der Waals surface area contributed by atoms with Gasteiger partial charge in [-0.25, -0.2) is 0 Å². The lowest BCUT2D eigenvalue weighted by Crippen LogP contribution is -2.36. The van der Waals surface area contributed by atoms with Crippen LogP contribution < -0.4 is 15.4 Å². The summed E-state index contributed by atoms with van der Waals surface area (Å²) in [6.45, 7) is 2.69. The highest BCUT2D eigenvalue weighted by Crippen LogP contribution is 2.17. The molecule has 2 rings (SSSR count). The van der Waals surface area contributed by atoms with E-state index < -0.39 is 0 Å². The van der Waals surface area contributed by atoms with Gasteiger partial charge in [-0.2, -0.15) is 0 Å². The minimum absolute atomic E-state index is 0.0440. The molecule has 25 heavy (non-hydrogen) atoms. The molecule has 6 heteroatoms. The summed E-state index contributed by atoms with van der Waals surface area (Å²) in [7, 11) is 0. The summed E-state index contributed by atoms with van der Waals surface area (Å²) < 4.78 is 6.46. The quantitative estimate of drug-likeness (QED) is 0.664. The average Bonchev–Trinajstić information content (AvgIpc) is 2.64. The number of benzene rings is 2. The number of hydrogen-bond acceptors (Lipinski definition) is 3. The molecular weight excluding hydrogens is 384 g/mol. The summed E-state index contributed by atoms with van der Waals surface area (Å²) in [6.07, 6.45) is 0.847. The molecule has 2 amide bonds. The Labute approximate surface area is 155 Å². The van der Waals surface area contributed by atoms with Crippen LogP contribution in [0.2, 0.25) is 0 Å². The molecule has 0 aliphatic carbocycles. The number of aryl methyl sites for hydroxylation is 1. The number of carbonyl (C=O) groups excluding carboxylic acids is 2. The molecule has 0 aliphatic rings. The Hall–Kier alpha value is -2.34. The third-order valence-corrected chi connectivity index (χ3v) is 4.08. The standard InChI is InChI=1S/C19H21BrN2O3/c1-2-14-5-3-4-6-17(14)25-13-18(23)21-11-12-22-19(24)15-7-9-16(20)10-8-15/h3-10H,2,11-13H2,1H3,(H,21,23)(H,22,24). The van der Waals surface area contributed by atoms with Crippen LogP contribution >= 0.6 is 15.9 Å². The van der Waals surface area contributed by atoms with Crippen molar-refractivity contribution in [3.8, 4) is 5.75 Å². The Kier molecular flexibility index (Phi) is 7.47. The molecule has 0 unspecified atom stereocenters. The highest BCUT2D eigenvalue weighted by Gasteiger charge is 2.07. The monoisotopic (exact) mass is 404 g/mol. The maximum absolute atomic E-state index is 11.9. The smallest absolute Gasteiger partial charge is 0.258 e. The first-order valence-corrected chi connectivity index (χ1v) is 8.90. The number of nitrogens with one attached hydrogen (secondary N) is 2. The molecule has 0 saturated carbocycles. The van der Waals surface area contributed by atoms with Crippen LogP contribution in [0.4, 0.5) is 0 Å². The lowest BCUT2D eigenvalue weighted by Gasteiger charge is -2.11. The van der Waals surface area contributed by atoms with E-state index in [1.165, 1.54) is 0 Å². The van der Waals surface area contributed by atoms with E-state index >= 15 is 0 Å². The van der Waals surface area contributed by atoms with Crippen LogP contribution in [-0.2, 0) is 11.2 Å². The molecule has 0 radical (unpaired) electrons. The summed E-state index contributed by atoms with van der Waals surface area (Å²) in [5, 5.41) is 5.48. The van der Waals surface area contributed by atoms with Gasteiger partial charge in [-0.1, -0.05) is 41.1 Å². The van der Waals surface area contributed by atoms with Crippen molar-refractivity contribution in [3.63, 3.8) is 0 Å². The molecule has 2 aromatic carbocycles. The number of amides is 2. The molecule has 0 fully saturated rings. The molecule has 0 saturated heterocycles. The number of halogens is 1. The predicted molar refractivity (Wildman–Crippen MR) is 101 cm³/mol. The number of ether oxygens (including phenoxy) is 1. The molecule has 0 heterocycles. The Morgan fingerprint density at radius 3 is 2.40 bits per heavy atom. The summed E-state index contributed by atoms with van der Waals surface area (Å²) >= 11 is 3.32. The van der Waals surface area contributed by atoms with E-state index in [9.17, 15) is 9.59 Å². The lowest BCUT2D eigenvalue weighted by atomic mass is 10.1. The second kappa shape index (κ2) is 9.84. The molecule has 0 aliphatic heterocycles. The molecule has 132 valence electrons. The summed E-state index contributed by atoms with van der Waals surface area (Å²) in [5.74, 6) is 0.336. The summed E-state index contributed by atoms with van der Waals surface area (Å²) in [5.41, 5.74) is 1.64. The average molecular weight is 405 g/mol. The predicted octanol–water partition coefficient (Wildman–Crippen LogP) is 2.94. The zero-order valence-corrected chi connectivity index (χ0v) is 15.6. The largest absolute Gasteiger partial charge is 0.483 e. The van der Waals surface area contributed by atoms with E-state index in [4.69, 9.17) is 4.74 Å². The molecule has 0 bridgehead atoms. The van der Waals surface area contributed by atoms with Crippen LogP contribution in [-0.4, -0.2) is 31.5 Å². The van der Waals surface area contributed by atoms with Gasteiger partial charge >= 0.3 is 0 Å². The molecular formula is C19H21BrN2O3. The van der Waals surface area contributed by atoms with Gasteiger partial charge < -0.3 is 15.4 Å². The fourth-order valence-electron chi connectivity index (χ4n) is 2.21. The number of hydrogen-bond donors (Lipinski definition) is 2. The van der Waals surface area contributed by atoms with E-state index in [1.807, 2.05) is 43.3 Å². The SMILES string of the molecule is CCc1ccccc1OCC(=O)NCCNC(=O)c1ccc(Br)cc1. The van der Waals surface area contributed by atoms with E-state index in [1.54, 1.807) is 12.1 Å². The Morgan fingerprint density at radius 2 is 1.68 bits per heavy atom. The first kappa shape index (κ1) is 19.0. The van der Waals surface area contributed by atoms with E-state index in [2.05, 4.69) is 26.6 Å². The fourth-order valence-corrected chi connectivity index (χ4v) is 2.48. The fraction of sp³-hybridized carbons (Fsp3) is 0.263. The van der Waals surface area contributed by atoms with Gasteiger partial charge in [-0.15, -0.1) is 0 Å². The van der Waals surface area contributed by atoms with Gasteiger partial charge in [-0.05, 0) is 42.3 Å². The van der Waals surface area contributed by atoms with Gasteiger partial charge in [0, 0.05) is 23.1 Å². The molecule has 0 atom stereocenters. The summed E-state index contributed by atoms with van der Waals surface area (Å²) in [6, 6.07) is 14.7. The maximum Gasteiger partial charge on any atom is 0.258 e. The number of rotatable bonds is 8. The van der Waals surface area contributed by atoms with Crippen molar-refractivity contribution in [2.45, 2.75) is 13.3 Å². The van der Waals surface area contributed by atoms with E-state index in [0.29, 0.717) is 18.7 Å². The van der Waals surface area contributed by atoms with Crippen LogP contribution in [0.15, 0.2) is 53.0 Å². The van der Waals surface area contributed by atoms with Crippen LogP contribution in [0, 0.1) is 0 Å². The van der Waals surface area contributed by atoms with Crippen LogP contribution in [0.1, 0.15) is 22.8 Å². The van der Waals surface area contributed by atoms with Gasteiger partial charge in [0.05, 0.1) is 0 Å². The van der Waals surface area contributed by atoms with Crippen molar-refractivity contribution in [2.24, 2.45) is 0 Å². The minimum Gasteiger partial charge on any atom is -0.483 e. The molecule has 5 nitrogen and oxygen atoms in total. The Bertz CT molecular complexity index is 717. The second-order valence-corrected chi connectivity index (χ2v) is 6.28. The molecule has 0 aromatic heterocycles. The van der Waals surface area contributed by atoms with Crippen LogP contribution in [0.3, 0.4) is 0 Å². The van der Waals surface area contributed by atoms with Crippen molar-refractivity contribution in [1.29, 1.82) is 0 Å². The first-order valence-electron chi connectivity index (χ1n) is 8.11. The van der Waals surface area contributed by atoms with Crippen molar-refractivity contribution in [3.05, 3.63) is 64.1 Å². The van der Waals surface area contributed by atoms with Gasteiger partial charge in [0.15, 0.2) is 6.61 Å². The van der Waals surface area contributed by atoms with Gasteiger partial charge in [0.25, 0.3) is 11.8 Å². The maximum atomic E-state index is 11.9. The molecule has 0 spiro atoms. The number of carbonyl (C=O) groups is 2. The van der Waals surface area contributed by atoms with Crippen molar-refractivity contribution < 1.29 is 14.3 Å². The minimum atomic E-state index is -0.219. The molecule has 2 N–H and O–H groups in total. The van der Waals surface area contributed by atoms with E-state index in [-0.39, 0.29) is 18.4 Å². The Balaban J connectivity index is 1.67. The van der Waals surface area contributed by atoms with Crippen molar-refractivity contribution in [2.75, 3.05) is 19.7 Å². The highest BCUT2D eigenvalue weighted by molar-refractivity contribution is 9.10. The lowest BCUT2D eigenvalue weighted by molar-refractivity contribution is -0.123. The third-order valence-electron chi connectivity index (χ3n) is 3.55. The van der Waals surface area contributed by atoms with Crippen molar-refractivity contribution >= 4 is 27.7 Å². The zero-order chi connectivity index (χ0) is 18.1.